The summed E-state index contributed by atoms with van der Waals surface area (Å²) in [6, 6.07) is 11.3. The van der Waals surface area contributed by atoms with E-state index in [4.69, 9.17) is 10.9 Å². The average molecular weight is 326 g/mol. The molecule has 0 aromatic heterocycles. The largest absolute Gasteiger partial charge is 0.399 e. The number of nitrogen functional groups attached to an aromatic ring is 1. The summed E-state index contributed by atoms with van der Waals surface area (Å²) < 4.78 is 46.7. The second kappa shape index (κ2) is 5.47. The monoisotopic (exact) mass is 326 g/mol. The van der Waals surface area contributed by atoms with Crippen LogP contribution >= 0.6 is 0 Å². The van der Waals surface area contributed by atoms with Gasteiger partial charge in [0.2, 0.25) is 10.0 Å². The summed E-state index contributed by atoms with van der Waals surface area (Å²) >= 11 is 0. The fourth-order valence-corrected chi connectivity index (χ4v) is 3.62. The topological polar surface area (TPSA) is 120 Å². The molecule has 2 rings (SSSR count). The molecule has 112 valence electrons. The second-order valence-corrected chi connectivity index (χ2v) is 8.07. The van der Waals surface area contributed by atoms with Crippen LogP contribution in [0.25, 0.3) is 0 Å². The first-order chi connectivity index (χ1) is 9.68. The molecule has 0 aliphatic rings. The Bertz CT molecular complexity index is 840. The number of anilines is 1. The summed E-state index contributed by atoms with van der Waals surface area (Å²) in [5.41, 5.74) is 6.47. The van der Waals surface area contributed by atoms with Crippen molar-refractivity contribution >= 4 is 25.5 Å². The number of nitrogens with two attached hydrogens (primary N) is 2. The number of rotatable bonds is 4. The first-order valence-electron chi connectivity index (χ1n) is 5.88. The van der Waals surface area contributed by atoms with Crippen LogP contribution in [0, 0.1) is 0 Å². The van der Waals surface area contributed by atoms with Crippen molar-refractivity contribution in [2.45, 2.75) is 15.5 Å². The molecule has 0 unspecified atom stereocenters. The van der Waals surface area contributed by atoms with E-state index in [0.717, 1.165) is 0 Å². The molecule has 21 heavy (non-hydrogen) atoms. The Morgan fingerprint density at radius 3 is 1.71 bits per heavy atom. The van der Waals surface area contributed by atoms with E-state index in [2.05, 4.69) is 0 Å². The molecule has 0 spiro atoms. The summed E-state index contributed by atoms with van der Waals surface area (Å²) in [6.07, 6.45) is 0. The van der Waals surface area contributed by atoms with E-state index >= 15 is 0 Å². The maximum Gasteiger partial charge on any atom is 0.238 e. The van der Waals surface area contributed by atoms with Crippen molar-refractivity contribution in [3.05, 3.63) is 54.1 Å². The molecule has 2 aromatic rings. The maximum absolute atomic E-state index is 12.2. The Morgan fingerprint density at radius 1 is 0.762 bits per heavy atom. The number of benzene rings is 2. The van der Waals surface area contributed by atoms with Crippen LogP contribution in [0.3, 0.4) is 0 Å². The van der Waals surface area contributed by atoms with Gasteiger partial charge in [-0.2, -0.15) is 0 Å². The first kappa shape index (κ1) is 15.5. The van der Waals surface area contributed by atoms with Gasteiger partial charge in [-0.05, 0) is 42.0 Å². The fourth-order valence-electron chi connectivity index (χ4n) is 1.75. The molecular formula is C13H14N2O4S2. The number of hydrogen-bond donors (Lipinski definition) is 2. The summed E-state index contributed by atoms with van der Waals surface area (Å²) in [5, 5.41) is 4.98. The van der Waals surface area contributed by atoms with Crippen LogP contribution in [-0.2, 0) is 25.6 Å². The Labute approximate surface area is 123 Å². The van der Waals surface area contributed by atoms with E-state index in [1.165, 1.54) is 48.5 Å². The molecule has 8 heteroatoms. The van der Waals surface area contributed by atoms with Gasteiger partial charge >= 0.3 is 0 Å². The molecule has 0 saturated carbocycles. The first-order valence-corrected chi connectivity index (χ1v) is 9.08. The van der Waals surface area contributed by atoms with Gasteiger partial charge in [-0.15, -0.1) is 0 Å². The van der Waals surface area contributed by atoms with Crippen LogP contribution in [-0.4, -0.2) is 16.8 Å². The van der Waals surface area contributed by atoms with Crippen molar-refractivity contribution in [3.8, 4) is 0 Å². The molecule has 0 radical (unpaired) electrons. The fraction of sp³-hybridized carbons (Fsp3) is 0.0769. The summed E-state index contributed by atoms with van der Waals surface area (Å²) in [5.74, 6) is -0.234. The average Bonchev–Trinajstić information content (AvgIpc) is 2.38. The number of hydrogen-bond acceptors (Lipinski definition) is 5. The molecule has 0 aliphatic carbocycles. The predicted molar refractivity (Wildman–Crippen MR) is 79.6 cm³/mol. The van der Waals surface area contributed by atoms with Gasteiger partial charge in [0.1, 0.15) is 0 Å². The maximum atomic E-state index is 12.2. The highest BCUT2D eigenvalue weighted by Gasteiger charge is 2.16. The standard InChI is InChI=1S/C13H14N2O4S2/c14-11-3-7-12(8-4-11)20(16,17)9-10-1-5-13(6-2-10)21(15,18)19/h1-8H,9,14H2,(H2,15,18,19). The van der Waals surface area contributed by atoms with Gasteiger partial charge in [-0.25, -0.2) is 22.0 Å². The lowest BCUT2D eigenvalue weighted by Crippen LogP contribution is -2.12. The van der Waals surface area contributed by atoms with Crippen LogP contribution < -0.4 is 10.9 Å². The summed E-state index contributed by atoms with van der Waals surface area (Å²) in [7, 11) is -7.30. The van der Waals surface area contributed by atoms with E-state index in [1.807, 2.05) is 0 Å². The number of sulfonamides is 1. The van der Waals surface area contributed by atoms with Crippen LogP contribution in [0.15, 0.2) is 58.3 Å². The van der Waals surface area contributed by atoms with Crippen molar-refractivity contribution in [1.29, 1.82) is 0 Å². The van der Waals surface area contributed by atoms with E-state index < -0.39 is 19.9 Å². The van der Waals surface area contributed by atoms with Crippen molar-refractivity contribution in [3.63, 3.8) is 0 Å². The third-order valence-electron chi connectivity index (χ3n) is 2.85. The second-order valence-electron chi connectivity index (χ2n) is 4.52. The minimum Gasteiger partial charge on any atom is -0.399 e. The Morgan fingerprint density at radius 2 is 1.24 bits per heavy atom. The number of primary sulfonamides is 1. The normalized spacial score (nSPS) is 12.2. The summed E-state index contributed by atoms with van der Waals surface area (Å²) in [4.78, 5) is 0.100. The molecule has 0 aliphatic heterocycles. The third-order valence-corrected chi connectivity index (χ3v) is 5.48. The molecule has 0 atom stereocenters. The third kappa shape index (κ3) is 3.81. The molecule has 0 bridgehead atoms. The van der Waals surface area contributed by atoms with Crippen molar-refractivity contribution in [2.75, 3.05) is 5.73 Å². The SMILES string of the molecule is Nc1ccc(S(=O)(=O)Cc2ccc(S(N)(=O)=O)cc2)cc1. The van der Waals surface area contributed by atoms with Gasteiger partial charge in [0, 0.05) is 5.69 Å². The van der Waals surface area contributed by atoms with Gasteiger partial charge in [0.25, 0.3) is 0 Å². The number of sulfone groups is 1. The van der Waals surface area contributed by atoms with E-state index in [9.17, 15) is 16.8 Å². The quantitative estimate of drug-likeness (QED) is 0.808. The molecule has 0 fully saturated rings. The highest BCUT2D eigenvalue weighted by atomic mass is 32.2. The highest BCUT2D eigenvalue weighted by molar-refractivity contribution is 7.90. The lowest BCUT2D eigenvalue weighted by atomic mass is 10.2. The van der Waals surface area contributed by atoms with Crippen molar-refractivity contribution in [2.24, 2.45) is 5.14 Å². The molecule has 6 nitrogen and oxygen atoms in total. The minimum absolute atomic E-state index is 0.0591. The molecule has 2 aromatic carbocycles. The van der Waals surface area contributed by atoms with Gasteiger partial charge in [-0.1, -0.05) is 12.1 Å². The molecule has 0 saturated heterocycles. The predicted octanol–water partition coefficient (Wildman–Crippen LogP) is 0.890. The molecule has 0 heterocycles. The van der Waals surface area contributed by atoms with Gasteiger partial charge in [0.05, 0.1) is 15.5 Å². The lowest BCUT2D eigenvalue weighted by Gasteiger charge is -2.06. The van der Waals surface area contributed by atoms with Crippen LogP contribution in [0.4, 0.5) is 5.69 Å². The molecular weight excluding hydrogens is 312 g/mol. The lowest BCUT2D eigenvalue weighted by molar-refractivity contribution is 0.595. The Balaban J connectivity index is 2.27. The van der Waals surface area contributed by atoms with Gasteiger partial charge in [0.15, 0.2) is 9.84 Å². The zero-order chi connectivity index (χ0) is 15.7. The molecule has 4 N–H and O–H groups in total. The van der Waals surface area contributed by atoms with E-state index in [-0.39, 0.29) is 15.5 Å². The van der Waals surface area contributed by atoms with Crippen LogP contribution in [0.5, 0.6) is 0 Å². The molecule has 0 amide bonds. The smallest absolute Gasteiger partial charge is 0.238 e. The zero-order valence-electron chi connectivity index (χ0n) is 10.9. The minimum atomic E-state index is -3.78. The van der Waals surface area contributed by atoms with E-state index in [1.54, 1.807) is 0 Å². The Kier molecular flexibility index (Phi) is 4.04. The van der Waals surface area contributed by atoms with Gasteiger partial charge < -0.3 is 5.73 Å². The van der Waals surface area contributed by atoms with Crippen molar-refractivity contribution in [1.82, 2.24) is 0 Å². The van der Waals surface area contributed by atoms with Crippen LogP contribution in [0.1, 0.15) is 5.56 Å². The summed E-state index contributed by atoms with van der Waals surface area (Å²) in [6.45, 7) is 0. The highest BCUT2D eigenvalue weighted by Crippen LogP contribution is 2.18. The van der Waals surface area contributed by atoms with Crippen LogP contribution in [0.2, 0.25) is 0 Å². The van der Waals surface area contributed by atoms with Crippen molar-refractivity contribution < 1.29 is 16.8 Å². The Hall–Kier alpha value is -1.90. The zero-order valence-corrected chi connectivity index (χ0v) is 12.6. The van der Waals surface area contributed by atoms with Gasteiger partial charge in [-0.3, -0.25) is 0 Å². The van der Waals surface area contributed by atoms with E-state index in [0.29, 0.717) is 11.3 Å².